The molecular formula is C22H16F3NO3. The van der Waals surface area contributed by atoms with Crippen LogP contribution in [0.1, 0.15) is 22.3 Å². The van der Waals surface area contributed by atoms with Crippen molar-refractivity contribution in [1.82, 2.24) is 0 Å². The first-order chi connectivity index (χ1) is 13.8. The molecule has 148 valence electrons. The van der Waals surface area contributed by atoms with Crippen LogP contribution < -0.4 is 10.1 Å². The molecule has 1 aliphatic heterocycles. The van der Waals surface area contributed by atoms with E-state index < -0.39 is 23.1 Å². The number of para-hydroxylation sites is 1. The predicted octanol–water partition coefficient (Wildman–Crippen LogP) is 4.71. The van der Waals surface area contributed by atoms with E-state index in [0.717, 1.165) is 6.07 Å². The summed E-state index contributed by atoms with van der Waals surface area (Å²) >= 11 is 0. The number of alkyl halides is 3. The lowest BCUT2D eigenvalue weighted by Gasteiger charge is -2.29. The molecule has 0 spiro atoms. The number of amides is 1. The Bertz CT molecular complexity index is 1080. The molecule has 29 heavy (non-hydrogen) atoms. The van der Waals surface area contributed by atoms with Crippen LogP contribution in [0.3, 0.4) is 0 Å². The normalized spacial score (nSPS) is 18.3. The molecular weight excluding hydrogens is 383 g/mol. The van der Waals surface area contributed by atoms with Gasteiger partial charge in [0.25, 0.3) is 0 Å². The number of carbonyl (C=O) groups is 1. The van der Waals surface area contributed by atoms with Gasteiger partial charge in [-0.25, -0.2) is 0 Å². The SMILES string of the molecule is COc1ccc(C2(c3ccc(O)cc3)C(=O)Nc3c(C(F)(F)F)cccc32)cc1. The third-order valence-corrected chi connectivity index (χ3v) is 5.18. The highest BCUT2D eigenvalue weighted by Gasteiger charge is 2.52. The second-order valence-electron chi connectivity index (χ2n) is 6.71. The summed E-state index contributed by atoms with van der Waals surface area (Å²) in [6, 6.07) is 16.2. The summed E-state index contributed by atoms with van der Waals surface area (Å²) in [6.07, 6.45) is -4.62. The molecule has 1 amide bonds. The number of ether oxygens (including phenoxy) is 1. The molecule has 0 bridgehead atoms. The molecule has 1 atom stereocenters. The summed E-state index contributed by atoms with van der Waals surface area (Å²) < 4.78 is 45.9. The molecule has 0 aromatic heterocycles. The molecule has 3 aromatic carbocycles. The van der Waals surface area contributed by atoms with Crippen molar-refractivity contribution < 1.29 is 27.8 Å². The number of nitrogens with one attached hydrogen (secondary N) is 1. The third-order valence-electron chi connectivity index (χ3n) is 5.18. The van der Waals surface area contributed by atoms with Crippen molar-refractivity contribution in [1.29, 1.82) is 0 Å². The Balaban J connectivity index is 2.05. The maximum absolute atomic E-state index is 13.6. The van der Waals surface area contributed by atoms with Gasteiger partial charge in [-0.3, -0.25) is 4.79 Å². The van der Waals surface area contributed by atoms with Crippen LogP contribution in [0.25, 0.3) is 0 Å². The number of methoxy groups -OCH3 is 1. The maximum atomic E-state index is 13.6. The van der Waals surface area contributed by atoms with Crippen LogP contribution in [0, 0.1) is 0 Å². The van der Waals surface area contributed by atoms with Crippen LogP contribution in [0.5, 0.6) is 11.5 Å². The first-order valence-electron chi connectivity index (χ1n) is 8.74. The van der Waals surface area contributed by atoms with Crippen LogP contribution in [-0.2, 0) is 16.4 Å². The predicted molar refractivity (Wildman–Crippen MR) is 101 cm³/mol. The van der Waals surface area contributed by atoms with E-state index in [1.165, 1.54) is 43.5 Å². The van der Waals surface area contributed by atoms with Gasteiger partial charge in [0.15, 0.2) is 0 Å². The monoisotopic (exact) mass is 399 g/mol. The zero-order valence-electron chi connectivity index (χ0n) is 15.2. The van der Waals surface area contributed by atoms with Crippen molar-refractivity contribution >= 4 is 11.6 Å². The summed E-state index contributed by atoms with van der Waals surface area (Å²) in [4.78, 5) is 13.3. The van der Waals surface area contributed by atoms with Gasteiger partial charge < -0.3 is 15.2 Å². The Hall–Kier alpha value is -3.48. The van der Waals surface area contributed by atoms with Crippen LogP contribution in [0.4, 0.5) is 18.9 Å². The maximum Gasteiger partial charge on any atom is 0.418 e. The largest absolute Gasteiger partial charge is 0.508 e. The van der Waals surface area contributed by atoms with E-state index in [1.807, 2.05) is 0 Å². The number of aromatic hydroxyl groups is 1. The molecule has 7 heteroatoms. The van der Waals surface area contributed by atoms with Gasteiger partial charge in [-0.1, -0.05) is 36.4 Å². The topological polar surface area (TPSA) is 58.6 Å². The molecule has 1 unspecified atom stereocenters. The summed E-state index contributed by atoms with van der Waals surface area (Å²) in [6.45, 7) is 0. The number of phenols is 1. The summed E-state index contributed by atoms with van der Waals surface area (Å²) in [5.74, 6) is -0.0568. The van der Waals surface area contributed by atoms with Gasteiger partial charge in [-0.05, 0) is 41.5 Å². The van der Waals surface area contributed by atoms with Gasteiger partial charge in [0, 0.05) is 5.56 Å². The van der Waals surface area contributed by atoms with E-state index in [9.17, 15) is 23.1 Å². The number of anilines is 1. The van der Waals surface area contributed by atoms with Gasteiger partial charge in [0.05, 0.1) is 18.4 Å². The van der Waals surface area contributed by atoms with Gasteiger partial charge >= 0.3 is 6.18 Å². The quantitative estimate of drug-likeness (QED) is 0.671. The minimum absolute atomic E-state index is 0.0127. The molecule has 0 saturated heterocycles. The Morgan fingerprint density at radius 2 is 1.52 bits per heavy atom. The lowest BCUT2D eigenvalue weighted by molar-refractivity contribution is -0.136. The number of phenolic OH excluding ortho intramolecular Hbond substituents is 1. The van der Waals surface area contributed by atoms with Crippen LogP contribution in [-0.4, -0.2) is 18.1 Å². The van der Waals surface area contributed by atoms with Crippen molar-refractivity contribution in [2.75, 3.05) is 12.4 Å². The number of fused-ring (bicyclic) bond motifs is 1. The zero-order chi connectivity index (χ0) is 20.8. The molecule has 0 radical (unpaired) electrons. The highest BCUT2D eigenvalue weighted by Crippen LogP contribution is 2.51. The number of benzene rings is 3. The van der Waals surface area contributed by atoms with Gasteiger partial charge in [0.1, 0.15) is 16.9 Å². The van der Waals surface area contributed by atoms with Gasteiger partial charge in [-0.15, -0.1) is 0 Å². The van der Waals surface area contributed by atoms with Crippen molar-refractivity contribution in [2.45, 2.75) is 11.6 Å². The summed E-state index contributed by atoms with van der Waals surface area (Å²) in [7, 11) is 1.50. The fourth-order valence-electron chi connectivity index (χ4n) is 3.86. The van der Waals surface area contributed by atoms with E-state index in [0.29, 0.717) is 16.9 Å². The van der Waals surface area contributed by atoms with Crippen molar-refractivity contribution in [3.63, 3.8) is 0 Å². The second-order valence-corrected chi connectivity index (χ2v) is 6.71. The molecule has 0 aliphatic carbocycles. The van der Waals surface area contributed by atoms with Crippen molar-refractivity contribution in [2.24, 2.45) is 0 Å². The van der Waals surface area contributed by atoms with Crippen LogP contribution in [0.15, 0.2) is 66.7 Å². The number of hydrogen-bond donors (Lipinski definition) is 2. The Morgan fingerprint density at radius 1 is 0.931 bits per heavy atom. The van der Waals surface area contributed by atoms with E-state index >= 15 is 0 Å². The fourth-order valence-corrected chi connectivity index (χ4v) is 3.86. The number of halogens is 3. The van der Waals surface area contributed by atoms with Crippen LogP contribution in [0.2, 0.25) is 0 Å². The average molecular weight is 399 g/mol. The summed E-state index contributed by atoms with van der Waals surface area (Å²) in [5, 5.41) is 12.1. The van der Waals surface area contributed by atoms with E-state index in [-0.39, 0.29) is 17.0 Å². The lowest BCUT2D eigenvalue weighted by atomic mass is 9.70. The number of hydrogen-bond acceptors (Lipinski definition) is 3. The summed E-state index contributed by atoms with van der Waals surface area (Å²) in [5.41, 5.74) is -1.54. The number of carbonyl (C=O) groups excluding carboxylic acids is 1. The van der Waals surface area contributed by atoms with Gasteiger partial charge in [-0.2, -0.15) is 13.2 Å². The van der Waals surface area contributed by atoms with Gasteiger partial charge in [0.2, 0.25) is 5.91 Å². The molecule has 1 aliphatic rings. The minimum Gasteiger partial charge on any atom is -0.508 e. The molecule has 4 rings (SSSR count). The molecule has 0 saturated carbocycles. The molecule has 3 aromatic rings. The van der Waals surface area contributed by atoms with Crippen LogP contribution >= 0.6 is 0 Å². The second kappa shape index (κ2) is 6.55. The molecule has 0 fully saturated rings. The van der Waals surface area contributed by atoms with Crippen molar-refractivity contribution in [3.05, 3.63) is 89.0 Å². The first kappa shape index (κ1) is 18.9. The highest BCUT2D eigenvalue weighted by atomic mass is 19.4. The zero-order valence-corrected chi connectivity index (χ0v) is 15.2. The standard InChI is InChI=1S/C22H16F3NO3/c1-29-16-11-7-14(8-12-16)21(13-5-9-15(27)10-6-13)17-3-2-4-18(22(23,24)25)19(17)26-20(21)28/h2-12,27H,1H3,(H,26,28). The average Bonchev–Trinajstić information content (AvgIpc) is 3.00. The van der Waals surface area contributed by atoms with E-state index in [4.69, 9.17) is 4.74 Å². The highest BCUT2D eigenvalue weighted by molar-refractivity contribution is 6.12. The molecule has 2 N–H and O–H groups in total. The Kier molecular flexibility index (Phi) is 4.26. The molecule has 1 heterocycles. The minimum atomic E-state index is -4.62. The number of rotatable bonds is 3. The van der Waals surface area contributed by atoms with E-state index in [1.54, 1.807) is 24.3 Å². The smallest absolute Gasteiger partial charge is 0.418 e. The third kappa shape index (κ3) is 2.81. The van der Waals surface area contributed by atoms with Crippen molar-refractivity contribution in [3.8, 4) is 11.5 Å². The lowest BCUT2D eigenvalue weighted by Crippen LogP contribution is -2.36. The molecule has 4 nitrogen and oxygen atoms in total. The Morgan fingerprint density at radius 3 is 2.07 bits per heavy atom. The first-order valence-corrected chi connectivity index (χ1v) is 8.74. The fraction of sp³-hybridized carbons (Fsp3) is 0.136. The Labute approximate surface area is 164 Å². The van der Waals surface area contributed by atoms with E-state index in [2.05, 4.69) is 5.32 Å².